The highest BCUT2D eigenvalue weighted by Gasteiger charge is 2.08. The maximum atomic E-state index is 4.41. The van der Waals surface area contributed by atoms with Gasteiger partial charge in [-0.3, -0.25) is 0 Å². The van der Waals surface area contributed by atoms with E-state index < -0.39 is 0 Å². The Morgan fingerprint density at radius 2 is 2.18 bits per heavy atom. The third kappa shape index (κ3) is 1.72. The lowest BCUT2D eigenvalue weighted by Gasteiger charge is -1.95. The summed E-state index contributed by atoms with van der Waals surface area (Å²) in [7, 11) is 1.92. The topological polar surface area (TPSA) is 56.5 Å². The molecule has 0 bridgehead atoms. The van der Waals surface area contributed by atoms with Crippen molar-refractivity contribution in [3.8, 4) is 11.4 Å². The SMILES string of the molecule is CNCc1cnc(-c2c[nH]c3ccccc23)[nH]1. The van der Waals surface area contributed by atoms with E-state index in [4.69, 9.17) is 0 Å². The van der Waals surface area contributed by atoms with Crippen molar-refractivity contribution in [2.24, 2.45) is 0 Å². The first-order valence-corrected chi connectivity index (χ1v) is 5.63. The van der Waals surface area contributed by atoms with Crippen molar-refractivity contribution in [3.05, 3.63) is 42.4 Å². The maximum Gasteiger partial charge on any atom is 0.139 e. The number of aromatic nitrogens is 3. The van der Waals surface area contributed by atoms with Crippen molar-refractivity contribution in [2.45, 2.75) is 6.54 Å². The van der Waals surface area contributed by atoms with Crippen molar-refractivity contribution in [2.75, 3.05) is 7.05 Å². The maximum absolute atomic E-state index is 4.41. The molecule has 4 nitrogen and oxygen atoms in total. The number of fused-ring (bicyclic) bond motifs is 1. The molecule has 3 N–H and O–H groups in total. The van der Waals surface area contributed by atoms with E-state index in [2.05, 4.69) is 32.4 Å². The van der Waals surface area contributed by atoms with Gasteiger partial charge in [0.2, 0.25) is 0 Å². The highest BCUT2D eigenvalue weighted by molar-refractivity contribution is 5.93. The van der Waals surface area contributed by atoms with E-state index in [1.807, 2.05) is 31.6 Å². The molecule has 2 aromatic heterocycles. The second-order valence-corrected chi connectivity index (χ2v) is 4.04. The van der Waals surface area contributed by atoms with Crippen LogP contribution in [0.4, 0.5) is 0 Å². The summed E-state index contributed by atoms with van der Waals surface area (Å²) in [5, 5.41) is 4.29. The average molecular weight is 226 g/mol. The molecule has 0 fully saturated rings. The van der Waals surface area contributed by atoms with Crippen LogP contribution in [0, 0.1) is 0 Å². The van der Waals surface area contributed by atoms with Crippen LogP contribution in [0.15, 0.2) is 36.7 Å². The summed E-state index contributed by atoms with van der Waals surface area (Å²) in [6, 6.07) is 8.23. The average Bonchev–Trinajstić information content (AvgIpc) is 2.95. The lowest BCUT2D eigenvalue weighted by molar-refractivity contribution is 0.797. The summed E-state index contributed by atoms with van der Waals surface area (Å²) < 4.78 is 0. The van der Waals surface area contributed by atoms with Gasteiger partial charge >= 0.3 is 0 Å². The minimum atomic E-state index is 0.801. The molecule has 86 valence electrons. The smallest absolute Gasteiger partial charge is 0.139 e. The molecular weight excluding hydrogens is 212 g/mol. The van der Waals surface area contributed by atoms with E-state index >= 15 is 0 Å². The summed E-state index contributed by atoms with van der Waals surface area (Å²) in [5.41, 5.74) is 3.34. The summed E-state index contributed by atoms with van der Waals surface area (Å²) in [4.78, 5) is 11.0. The Morgan fingerprint density at radius 3 is 3.06 bits per heavy atom. The standard InChI is InChI=1S/C13H14N4/c1-14-6-9-7-16-13(17-9)11-8-15-12-5-3-2-4-10(11)12/h2-5,7-8,14-15H,6H2,1H3,(H,16,17). The Morgan fingerprint density at radius 1 is 1.29 bits per heavy atom. The van der Waals surface area contributed by atoms with Gasteiger partial charge in [-0.1, -0.05) is 18.2 Å². The van der Waals surface area contributed by atoms with E-state index in [-0.39, 0.29) is 0 Å². The fraction of sp³-hybridized carbons (Fsp3) is 0.154. The second-order valence-electron chi connectivity index (χ2n) is 4.04. The molecule has 2 heterocycles. The van der Waals surface area contributed by atoms with Crippen molar-refractivity contribution in [3.63, 3.8) is 0 Å². The van der Waals surface area contributed by atoms with Crippen LogP contribution in [-0.2, 0) is 6.54 Å². The zero-order chi connectivity index (χ0) is 11.7. The monoisotopic (exact) mass is 226 g/mol. The molecule has 4 heteroatoms. The van der Waals surface area contributed by atoms with Gasteiger partial charge < -0.3 is 15.3 Å². The van der Waals surface area contributed by atoms with Gasteiger partial charge in [-0.05, 0) is 13.1 Å². The lowest BCUT2D eigenvalue weighted by Crippen LogP contribution is -2.04. The minimum Gasteiger partial charge on any atom is -0.360 e. The number of benzene rings is 1. The predicted molar refractivity (Wildman–Crippen MR) is 68.6 cm³/mol. The molecule has 3 aromatic rings. The van der Waals surface area contributed by atoms with Crippen molar-refractivity contribution in [1.29, 1.82) is 0 Å². The summed E-state index contributed by atoms with van der Waals surface area (Å²) >= 11 is 0. The van der Waals surface area contributed by atoms with Crippen LogP contribution in [0.5, 0.6) is 0 Å². The summed E-state index contributed by atoms with van der Waals surface area (Å²) in [6.07, 6.45) is 3.86. The van der Waals surface area contributed by atoms with Crippen LogP contribution in [0.25, 0.3) is 22.3 Å². The molecule has 0 aliphatic rings. The highest BCUT2D eigenvalue weighted by atomic mass is 15.0. The number of hydrogen-bond acceptors (Lipinski definition) is 2. The Hall–Kier alpha value is -2.07. The molecular formula is C13H14N4. The van der Waals surface area contributed by atoms with Gasteiger partial charge in [0.25, 0.3) is 0 Å². The number of imidazole rings is 1. The molecule has 0 spiro atoms. The molecule has 1 aromatic carbocycles. The molecule has 0 radical (unpaired) electrons. The Balaban J connectivity index is 2.07. The molecule has 17 heavy (non-hydrogen) atoms. The molecule has 0 aliphatic carbocycles. The number of aromatic amines is 2. The zero-order valence-corrected chi connectivity index (χ0v) is 9.62. The second kappa shape index (κ2) is 4.07. The normalized spacial score (nSPS) is 11.1. The third-order valence-electron chi connectivity index (χ3n) is 2.84. The predicted octanol–water partition coefficient (Wildman–Crippen LogP) is 2.28. The molecule has 0 atom stereocenters. The van der Waals surface area contributed by atoms with Crippen LogP contribution >= 0.6 is 0 Å². The van der Waals surface area contributed by atoms with E-state index in [0.29, 0.717) is 0 Å². The first-order valence-electron chi connectivity index (χ1n) is 5.63. The van der Waals surface area contributed by atoms with E-state index in [0.717, 1.165) is 29.1 Å². The van der Waals surface area contributed by atoms with Gasteiger partial charge in [0.15, 0.2) is 0 Å². The van der Waals surface area contributed by atoms with Crippen molar-refractivity contribution >= 4 is 10.9 Å². The lowest BCUT2D eigenvalue weighted by atomic mass is 10.2. The van der Waals surface area contributed by atoms with Crippen molar-refractivity contribution < 1.29 is 0 Å². The minimum absolute atomic E-state index is 0.801. The van der Waals surface area contributed by atoms with E-state index in [9.17, 15) is 0 Å². The van der Waals surface area contributed by atoms with Gasteiger partial charge in [0, 0.05) is 41.1 Å². The molecule has 0 unspecified atom stereocenters. The zero-order valence-electron chi connectivity index (χ0n) is 9.62. The first-order chi connectivity index (χ1) is 8.38. The van der Waals surface area contributed by atoms with Crippen LogP contribution in [0.3, 0.4) is 0 Å². The fourth-order valence-electron chi connectivity index (χ4n) is 2.04. The van der Waals surface area contributed by atoms with Gasteiger partial charge in [-0.2, -0.15) is 0 Å². The van der Waals surface area contributed by atoms with Gasteiger partial charge in [-0.25, -0.2) is 4.98 Å². The van der Waals surface area contributed by atoms with Crippen LogP contribution in [0.1, 0.15) is 5.69 Å². The molecule has 3 rings (SSSR count). The number of rotatable bonds is 3. The Bertz CT molecular complexity index is 635. The molecule has 0 aliphatic heterocycles. The third-order valence-corrected chi connectivity index (χ3v) is 2.84. The van der Waals surface area contributed by atoms with Crippen LogP contribution < -0.4 is 5.32 Å². The fourth-order valence-corrected chi connectivity index (χ4v) is 2.04. The van der Waals surface area contributed by atoms with Crippen molar-refractivity contribution in [1.82, 2.24) is 20.3 Å². The van der Waals surface area contributed by atoms with E-state index in [1.165, 1.54) is 5.39 Å². The number of hydrogen-bond donors (Lipinski definition) is 3. The van der Waals surface area contributed by atoms with Gasteiger partial charge in [-0.15, -0.1) is 0 Å². The van der Waals surface area contributed by atoms with Gasteiger partial charge in [0.1, 0.15) is 5.82 Å². The molecule has 0 amide bonds. The highest BCUT2D eigenvalue weighted by Crippen LogP contribution is 2.25. The molecule has 0 saturated carbocycles. The Labute approximate surface area is 99.1 Å². The first kappa shape index (κ1) is 10.1. The number of nitrogens with one attached hydrogen (secondary N) is 3. The number of para-hydroxylation sites is 1. The quantitative estimate of drug-likeness (QED) is 0.641. The largest absolute Gasteiger partial charge is 0.360 e. The number of nitrogens with zero attached hydrogens (tertiary/aromatic N) is 1. The van der Waals surface area contributed by atoms with E-state index in [1.54, 1.807) is 0 Å². The van der Waals surface area contributed by atoms with Crippen LogP contribution in [0.2, 0.25) is 0 Å². The Kier molecular flexibility index (Phi) is 2.42. The summed E-state index contributed by atoms with van der Waals surface area (Å²) in [5.74, 6) is 0.910. The molecule has 0 saturated heterocycles. The van der Waals surface area contributed by atoms with Crippen LogP contribution in [-0.4, -0.2) is 22.0 Å². The number of H-pyrrole nitrogens is 2. The van der Waals surface area contributed by atoms with Gasteiger partial charge in [0.05, 0.1) is 0 Å². The summed E-state index contributed by atoms with van der Waals surface area (Å²) in [6.45, 7) is 0.801.